The van der Waals surface area contributed by atoms with E-state index >= 15 is 0 Å². The second-order valence-corrected chi connectivity index (χ2v) is 5.11. The molecule has 0 bridgehead atoms. The molecule has 0 aliphatic carbocycles. The fourth-order valence-corrected chi connectivity index (χ4v) is 3.53. The van der Waals surface area contributed by atoms with E-state index in [2.05, 4.69) is 24.8 Å². The molecule has 14 heavy (non-hydrogen) atoms. The molecule has 2 rings (SSSR count). The van der Waals surface area contributed by atoms with Crippen LogP contribution in [0.2, 0.25) is 0 Å². The van der Waals surface area contributed by atoms with E-state index in [1.165, 1.54) is 5.39 Å². The lowest BCUT2D eigenvalue weighted by Crippen LogP contribution is -1.88. The molecule has 1 aromatic heterocycles. The van der Waals surface area contributed by atoms with Crippen molar-refractivity contribution in [3.63, 3.8) is 0 Å². The number of fused-ring (bicyclic) bond motifs is 1. The molecule has 4 heteroatoms. The maximum Gasteiger partial charge on any atom is 0.0707 e. The first-order chi connectivity index (χ1) is 6.77. The van der Waals surface area contributed by atoms with Crippen molar-refractivity contribution in [1.82, 2.24) is 0 Å². The summed E-state index contributed by atoms with van der Waals surface area (Å²) in [5, 5.41) is 12.5. The summed E-state index contributed by atoms with van der Waals surface area (Å²) in [6.45, 7) is 0.0598. The van der Waals surface area contributed by atoms with Gasteiger partial charge in [0.1, 0.15) is 0 Å². The van der Waals surface area contributed by atoms with Crippen LogP contribution in [0.15, 0.2) is 27.3 Å². The Labute approximate surface area is 96.6 Å². The van der Waals surface area contributed by atoms with Crippen LogP contribution in [0.3, 0.4) is 0 Å². The highest BCUT2D eigenvalue weighted by atomic mass is 32.2. The van der Waals surface area contributed by atoms with Gasteiger partial charge in [0.05, 0.1) is 6.61 Å². The summed E-state index contributed by atoms with van der Waals surface area (Å²) in [5.41, 5.74) is 0.949. The lowest BCUT2D eigenvalue weighted by Gasteiger charge is -2.08. The Morgan fingerprint density at radius 2 is 2.36 bits per heavy atom. The number of thioether (sulfide) groups is 1. The zero-order valence-corrected chi connectivity index (χ0v) is 10.2. The van der Waals surface area contributed by atoms with Crippen molar-refractivity contribution in [1.29, 1.82) is 0 Å². The van der Waals surface area contributed by atoms with Gasteiger partial charge in [0.2, 0.25) is 0 Å². The van der Waals surface area contributed by atoms with Crippen LogP contribution in [0, 0.1) is 0 Å². The summed E-state index contributed by atoms with van der Waals surface area (Å²) in [6.07, 6.45) is 2.02. The molecule has 0 unspecified atom stereocenters. The molecule has 0 spiro atoms. The van der Waals surface area contributed by atoms with Crippen molar-refractivity contribution < 1.29 is 5.11 Å². The maximum atomic E-state index is 9.30. The van der Waals surface area contributed by atoms with Gasteiger partial charge in [-0.05, 0) is 29.2 Å². The second kappa shape index (κ2) is 4.14. The first kappa shape index (κ1) is 10.4. The van der Waals surface area contributed by atoms with E-state index in [9.17, 15) is 5.11 Å². The minimum Gasteiger partial charge on any atom is -0.392 e. The lowest BCUT2D eigenvalue weighted by molar-refractivity contribution is 0.280. The van der Waals surface area contributed by atoms with Crippen molar-refractivity contribution in [2.45, 2.75) is 16.4 Å². The van der Waals surface area contributed by atoms with E-state index in [-0.39, 0.29) is 6.61 Å². The highest BCUT2D eigenvalue weighted by Crippen LogP contribution is 2.36. The average Bonchev–Trinajstić information content (AvgIpc) is 2.64. The van der Waals surface area contributed by atoms with Crippen LogP contribution < -0.4 is 0 Å². The van der Waals surface area contributed by atoms with Crippen molar-refractivity contribution >= 4 is 45.8 Å². The standard InChI is InChI=1S/C10H10OS3/c1-13-8-4-6-2-3-14-10(6)7(5-11)9(8)12/h2-4,11-12H,5H2,1H3. The van der Waals surface area contributed by atoms with Gasteiger partial charge in [-0.15, -0.1) is 35.7 Å². The molecule has 1 nitrogen and oxygen atoms in total. The lowest BCUT2D eigenvalue weighted by atomic mass is 10.2. The fourth-order valence-electron chi connectivity index (χ4n) is 1.45. The van der Waals surface area contributed by atoms with Crippen LogP contribution in [0.5, 0.6) is 0 Å². The normalized spacial score (nSPS) is 11.1. The smallest absolute Gasteiger partial charge is 0.0707 e. The van der Waals surface area contributed by atoms with Gasteiger partial charge in [0, 0.05) is 20.1 Å². The van der Waals surface area contributed by atoms with Crippen LogP contribution in [-0.2, 0) is 6.61 Å². The molecule has 0 saturated heterocycles. The Bertz CT molecular complexity index is 462. The number of rotatable bonds is 2. The molecule has 1 N–H and O–H groups in total. The molecule has 0 aliphatic heterocycles. The Morgan fingerprint density at radius 1 is 1.57 bits per heavy atom. The third-order valence-corrected chi connectivity index (χ3v) is 4.57. The number of hydrogen-bond acceptors (Lipinski definition) is 4. The van der Waals surface area contributed by atoms with Gasteiger partial charge in [-0.2, -0.15) is 0 Å². The zero-order valence-electron chi connectivity index (χ0n) is 7.65. The largest absolute Gasteiger partial charge is 0.392 e. The summed E-state index contributed by atoms with van der Waals surface area (Å²) in [7, 11) is 0. The summed E-state index contributed by atoms with van der Waals surface area (Å²) in [5.74, 6) is 0. The monoisotopic (exact) mass is 242 g/mol. The van der Waals surface area contributed by atoms with Gasteiger partial charge < -0.3 is 5.11 Å². The predicted molar refractivity (Wildman–Crippen MR) is 66.8 cm³/mol. The van der Waals surface area contributed by atoms with Crippen LogP contribution in [-0.4, -0.2) is 11.4 Å². The minimum atomic E-state index is 0.0598. The molecule has 1 aromatic carbocycles. The Hall–Kier alpha value is -0.160. The van der Waals surface area contributed by atoms with Crippen molar-refractivity contribution in [3.8, 4) is 0 Å². The maximum absolute atomic E-state index is 9.30. The molecule has 74 valence electrons. The number of aliphatic hydroxyl groups is 1. The van der Waals surface area contributed by atoms with E-state index < -0.39 is 0 Å². The minimum absolute atomic E-state index is 0.0598. The number of aliphatic hydroxyl groups excluding tert-OH is 1. The summed E-state index contributed by atoms with van der Waals surface area (Å²) < 4.78 is 1.15. The van der Waals surface area contributed by atoms with Crippen LogP contribution in [0.25, 0.3) is 10.1 Å². The van der Waals surface area contributed by atoms with Crippen molar-refractivity contribution in [3.05, 3.63) is 23.1 Å². The zero-order chi connectivity index (χ0) is 10.1. The Balaban J connectivity index is 2.80. The molecule has 0 fully saturated rings. The second-order valence-electron chi connectivity index (χ2n) is 2.90. The van der Waals surface area contributed by atoms with Crippen molar-refractivity contribution in [2.24, 2.45) is 0 Å². The summed E-state index contributed by atoms with van der Waals surface area (Å²) in [6, 6.07) is 4.20. The van der Waals surface area contributed by atoms with Gasteiger partial charge in [0.25, 0.3) is 0 Å². The molecular weight excluding hydrogens is 232 g/mol. The van der Waals surface area contributed by atoms with E-state index in [0.29, 0.717) is 0 Å². The molecule has 0 saturated carbocycles. The van der Waals surface area contributed by atoms with Gasteiger partial charge >= 0.3 is 0 Å². The third kappa shape index (κ3) is 1.56. The summed E-state index contributed by atoms with van der Waals surface area (Å²) in [4.78, 5) is 2.04. The summed E-state index contributed by atoms with van der Waals surface area (Å²) >= 11 is 7.76. The molecular formula is C10H10OS3. The fraction of sp³-hybridized carbons (Fsp3) is 0.200. The SMILES string of the molecule is CSc1cc2ccsc2c(CO)c1S. The highest BCUT2D eigenvalue weighted by molar-refractivity contribution is 7.99. The van der Waals surface area contributed by atoms with Crippen LogP contribution in [0.1, 0.15) is 5.56 Å². The molecule has 1 heterocycles. The Kier molecular flexibility index (Phi) is 3.07. The van der Waals surface area contributed by atoms with Crippen LogP contribution >= 0.6 is 35.7 Å². The van der Waals surface area contributed by atoms with Gasteiger partial charge in [-0.25, -0.2) is 0 Å². The molecule has 0 atom stereocenters. The predicted octanol–water partition coefficient (Wildman–Crippen LogP) is 3.40. The topological polar surface area (TPSA) is 20.2 Å². The van der Waals surface area contributed by atoms with E-state index in [1.54, 1.807) is 23.1 Å². The first-order valence-electron chi connectivity index (χ1n) is 4.14. The van der Waals surface area contributed by atoms with Gasteiger partial charge in [0.15, 0.2) is 0 Å². The quantitative estimate of drug-likeness (QED) is 0.622. The molecule has 0 amide bonds. The molecule has 0 aliphatic rings. The van der Waals surface area contributed by atoms with Crippen molar-refractivity contribution in [2.75, 3.05) is 6.26 Å². The first-order valence-corrected chi connectivity index (χ1v) is 6.70. The average molecular weight is 242 g/mol. The number of hydrogen-bond donors (Lipinski definition) is 2. The molecule has 2 aromatic rings. The van der Waals surface area contributed by atoms with Gasteiger partial charge in [-0.1, -0.05) is 0 Å². The molecule has 0 radical (unpaired) electrons. The number of thiol groups is 1. The highest BCUT2D eigenvalue weighted by Gasteiger charge is 2.10. The van der Waals surface area contributed by atoms with E-state index in [0.717, 1.165) is 20.1 Å². The third-order valence-electron chi connectivity index (χ3n) is 2.15. The van der Waals surface area contributed by atoms with Gasteiger partial charge in [-0.3, -0.25) is 0 Å². The Morgan fingerprint density at radius 3 is 3.00 bits per heavy atom. The van der Waals surface area contributed by atoms with E-state index in [4.69, 9.17) is 0 Å². The number of thiophene rings is 1. The number of benzene rings is 1. The van der Waals surface area contributed by atoms with E-state index in [1.807, 2.05) is 11.6 Å². The van der Waals surface area contributed by atoms with Crippen LogP contribution in [0.4, 0.5) is 0 Å².